The van der Waals surface area contributed by atoms with Gasteiger partial charge in [-0.05, 0) is 75.0 Å². The minimum Gasteiger partial charge on any atom is -0.462 e. The van der Waals surface area contributed by atoms with Crippen LogP contribution in [0.5, 0.6) is 0 Å². The van der Waals surface area contributed by atoms with Gasteiger partial charge in [0.1, 0.15) is 11.9 Å². The van der Waals surface area contributed by atoms with E-state index in [0.29, 0.717) is 12.3 Å². The fourth-order valence-electron chi connectivity index (χ4n) is 8.14. The number of Topliss-reactive ketones (excluding diaryl/α,β-unsaturated/α-hetero) is 1. The fraction of sp³-hybridized carbons (Fsp3) is 0.913. The number of hydrogen-bond acceptors (Lipinski definition) is 5. The Balaban J connectivity index is 1.75. The van der Waals surface area contributed by atoms with E-state index in [1.807, 2.05) is 0 Å². The fourth-order valence-corrected chi connectivity index (χ4v) is 8.14. The molecule has 0 unspecified atom stereocenters. The van der Waals surface area contributed by atoms with Crippen molar-refractivity contribution in [3.8, 4) is 0 Å². The lowest BCUT2D eigenvalue weighted by atomic mass is 9.43. The summed E-state index contributed by atoms with van der Waals surface area (Å²) in [6, 6.07) is 0. The zero-order valence-electron chi connectivity index (χ0n) is 17.7. The van der Waals surface area contributed by atoms with E-state index in [1.165, 1.54) is 6.92 Å². The second kappa shape index (κ2) is 6.80. The summed E-state index contributed by atoms with van der Waals surface area (Å²) in [5, 5.41) is 21.6. The van der Waals surface area contributed by atoms with Crippen LogP contribution in [-0.4, -0.2) is 40.3 Å². The highest BCUT2D eigenvalue weighted by molar-refractivity contribution is 5.79. The molecule has 5 nitrogen and oxygen atoms in total. The third kappa shape index (κ3) is 2.79. The minimum atomic E-state index is -0.504. The van der Waals surface area contributed by atoms with Gasteiger partial charge in [-0.3, -0.25) is 9.59 Å². The van der Waals surface area contributed by atoms with E-state index in [4.69, 9.17) is 4.74 Å². The average molecular weight is 393 g/mol. The molecule has 4 aliphatic rings. The Morgan fingerprint density at radius 2 is 1.68 bits per heavy atom. The summed E-state index contributed by atoms with van der Waals surface area (Å²) in [6.07, 6.45) is 4.77. The van der Waals surface area contributed by atoms with Crippen LogP contribution >= 0.6 is 0 Å². The molecule has 4 rings (SSSR count). The monoisotopic (exact) mass is 392 g/mol. The summed E-state index contributed by atoms with van der Waals surface area (Å²) in [5.41, 5.74) is -0.375. The molecule has 4 fully saturated rings. The first-order valence-electron chi connectivity index (χ1n) is 11.1. The molecule has 4 aliphatic carbocycles. The lowest BCUT2D eigenvalue weighted by molar-refractivity contribution is -0.214. The van der Waals surface area contributed by atoms with Crippen molar-refractivity contribution >= 4 is 11.8 Å². The van der Waals surface area contributed by atoms with Crippen molar-refractivity contribution in [1.82, 2.24) is 0 Å². The van der Waals surface area contributed by atoms with Crippen LogP contribution in [0.3, 0.4) is 0 Å². The van der Waals surface area contributed by atoms with Crippen molar-refractivity contribution in [2.24, 2.45) is 40.4 Å². The Morgan fingerprint density at radius 1 is 0.964 bits per heavy atom. The molecule has 0 aromatic carbocycles. The molecule has 5 heteroatoms. The van der Waals surface area contributed by atoms with E-state index in [0.717, 1.165) is 38.5 Å². The standard InChI is InChI=1S/C23H36O5/c1-12(24)16-5-6-17-21-18(11-20(27)23(16,17)4)22(3)8-7-15(26)9-14(22)10-19(21)28-13(2)25/h14-21,26-27H,5-11H2,1-4H3/t14-,15+,16-,17-,18+,19+,20-,21+,22-,23-/m0/s1. The first-order valence-corrected chi connectivity index (χ1v) is 11.1. The van der Waals surface area contributed by atoms with Crippen molar-refractivity contribution < 1.29 is 24.5 Å². The smallest absolute Gasteiger partial charge is 0.302 e. The van der Waals surface area contributed by atoms with Gasteiger partial charge in [-0.15, -0.1) is 0 Å². The summed E-state index contributed by atoms with van der Waals surface area (Å²) in [7, 11) is 0. The molecule has 158 valence electrons. The summed E-state index contributed by atoms with van der Waals surface area (Å²) < 4.78 is 5.89. The van der Waals surface area contributed by atoms with E-state index in [2.05, 4.69) is 13.8 Å². The number of fused-ring (bicyclic) bond motifs is 5. The average Bonchev–Trinajstić information content (AvgIpc) is 2.96. The summed E-state index contributed by atoms with van der Waals surface area (Å²) >= 11 is 0. The van der Waals surface area contributed by atoms with E-state index in [9.17, 15) is 19.8 Å². The third-order valence-corrected chi connectivity index (χ3v) is 9.55. The summed E-state index contributed by atoms with van der Waals surface area (Å²) in [5.74, 6) is 0.780. The number of aliphatic hydroxyl groups is 2. The predicted molar refractivity (Wildman–Crippen MR) is 104 cm³/mol. The van der Waals surface area contributed by atoms with Crippen LogP contribution in [0.25, 0.3) is 0 Å². The zero-order chi connectivity index (χ0) is 20.4. The molecule has 10 atom stereocenters. The second-order valence-electron chi connectivity index (χ2n) is 10.7. The molecule has 0 radical (unpaired) electrons. The molecule has 0 spiro atoms. The Hall–Kier alpha value is -0.940. The highest BCUT2D eigenvalue weighted by atomic mass is 16.5. The molecule has 2 N–H and O–H groups in total. The zero-order valence-corrected chi connectivity index (χ0v) is 17.7. The topological polar surface area (TPSA) is 83.8 Å². The lowest BCUT2D eigenvalue weighted by Gasteiger charge is -2.63. The first-order chi connectivity index (χ1) is 13.1. The molecule has 0 saturated heterocycles. The Labute approximate surface area is 168 Å². The predicted octanol–water partition coefficient (Wildman–Crippen LogP) is 3.11. The van der Waals surface area contributed by atoms with Gasteiger partial charge in [0.25, 0.3) is 0 Å². The van der Waals surface area contributed by atoms with Crippen molar-refractivity contribution in [3.05, 3.63) is 0 Å². The Bertz CT molecular complexity index is 661. The van der Waals surface area contributed by atoms with Gasteiger partial charge < -0.3 is 14.9 Å². The highest BCUT2D eigenvalue weighted by Gasteiger charge is 2.66. The maximum absolute atomic E-state index is 12.4. The normalized spacial score (nSPS) is 52.9. The molecule has 0 heterocycles. The number of ketones is 1. The van der Waals surface area contributed by atoms with Gasteiger partial charge >= 0.3 is 5.97 Å². The molecule has 0 bridgehead atoms. The maximum Gasteiger partial charge on any atom is 0.302 e. The van der Waals surface area contributed by atoms with Crippen molar-refractivity contribution in [2.45, 2.75) is 91.0 Å². The largest absolute Gasteiger partial charge is 0.462 e. The van der Waals surface area contributed by atoms with Gasteiger partial charge in [0, 0.05) is 24.2 Å². The van der Waals surface area contributed by atoms with Gasteiger partial charge in [-0.25, -0.2) is 0 Å². The number of esters is 1. The van der Waals surface area contributed by atoms with Crippen LogP contribution in [0.4, 0.5) is 0 Å². The number of aliphatic hydroxyl groups excluding tert-OH is 2. The van der Waals surface area contributed by atoms with Gasteiger partial charge in [-0.2, -0.15) is 0 Å². The second-order valence-corrected chi connectivity index (χ2v) is 10.7. The molecular weight excluding hydrogens is 356 g/mol. The van der Waals surface area contributed by atoms with Crippen LogP contribution in [0.15, 0.2) is 0 Å². The quantitative estimate of drug-likeness (QED) is 0.706. The molecule has 0 aromatic heterocycles. The van der Waals surface area contributed by atoms with E-state index >= 15 is 0 Å². The van der Waals surface area contributed by atoms with Gasteiger partial charge in [0.15, 0.2) is 0 Å². The van der Waals surface area contributed by atoms with Crippen molar-refractivity contribution in [2.75, 3.05) is 0 Å². The molecular formula is C23H36O5. The number of hydrogen-bond donors (Lipinski definition) is 2. The van der Waals surface area contributed by atoms with Gasteiger partial charge in [0.05, 0.1) is 12.2 Å². The van der Waals surface area contributed by atoms with Crippen molar-refractivity contribution in [3.63, 3.8) is 0 Å². The molecule has 0 aliphatic heterocycles. The van der Waals surface area contributed by atoms with E-state index in [-0.39, 0.29) is 53.0 Å². The SMILES string of the molecule is CC(=O)O[C@@H]1C[C@@H]2C[C@H](O)CC[C@]2(C)[C@@H]2C[C@H](O)[C@@]3(C)[C@H](C(C)=O)CC[C@H]3[C@H]21. The Morgan fingerprint density at radius 3 is 2.32 bits per heavy atom. The van der Waals surface area contributed by atoms with Crippen LogP contribution in [0.2, 0.25) is 0 Å². The van der Waals surface area contributed by atoms with Crippen LogP contribution in [-0.2, 0) is 14.3 Å². The van der Waals surface area contributed by atoms with Crippen molar-refractivity contribution in [1.29, 1.82) is 0 Å². The molecule has 4 saturated carbocycles. The van der Waals surface area contributed by atoms with Crippen LogP contribution in [0, 0.1) is 40.4 Å². The van der Waals surface area contributed by atoms with Crippen LogP contribution in [0.1, 0.15) is 72.6 Å². The number of carbonyl (C=O) groups is 2. The third-order valence-electron chi connectivity index (χ3n) is 9.55. The first kappa shape index (κ1) is 20.3. The minimum absolute atomic E-state index is 0.0527. The summed E-state index contributed by atoms with van der Waals surface area (Å²) in [4.78, 5) is 24.3. The number of carbonyl (C=O) groups excluding carboxylic acids is 2. The number of rotatable bonds is 2. The Kier molecular flexibility index (Phi) is 4.94. The lowest BCUT2D eigenvalue weighted by Crippen LogP contribution is -2.63. The number of ether oxygens (including phenoxy) is 1. The maximum atomic E-state index is 12.4. The molecule has 28 heavy (non-hydrogen) atoms. The molecule has 0 amide bonds. The molecule has 0 aromatic rings. The van der Waals surface area contributed by atoms with Crippen LogP contribution < -0.4 is 0 Å². The van der Waals surface area contributed by atoms with Gasteiger partial charge in [-0.1, -0.05) is 13.8 Å². The summed E-state index contributed by atoms with van der Waals surface area (Å²) in [6.45, 7) is 7.56. The van der Waals surface area contributed by atoms with Gasteiger partial charge in [0.2, 0.25) is 0 Å². The highest BCUT2D eigenvalue weighted by Crippen LogP contribution is 2.67. The van der Waals surface area contributed by atoms with E-state index in [1.54, 1.807) is 6.92 Å². The van der Waals surface area contributed by atoms with E-state index < -0.39 is 11.5 Å².